The number of aromatic nitrogens is 1. The summed E-state index contributed by atoms with van der Waals surface area (Å²) in [6.07, 6.45) is 3.18. The van der Waals surface area contributed by atoms with Crippen molar-refractivity contribution in [3.8, 4) is 5.75 Å². The number of carbonyl (C=O) groups excluding carboxylic acids is 3. The Labute approximate surface area is 242 Å². The summed E-state index contributed by atoms with van der Waals surface area (Å²) >= 11 is 0. The van der Waals surface area contributed by atoms with Crippen LogP contribution in [0.2, 0.25) is 0 Å². The number of aromatic amines is 1. The number of aromatic hydroxyl groups is 1. The molecule has 2 aromatic carbocycles. The molecule has 3 rings (SSSR count). The maximum Gasteiger partial charge on any atom is 0.328 e. The number of hydrogen-bond acceptors (Lipinski definition) is 8. The number of phenolic OH excluding ortho intramolecular Hbond substituents is 1. The number of para-hydroxylation sites is 1. The third-order valence-corrected chi connectivity index (χ3v) is 6.84. The van der Waals surface area contributed by atoms with Crippen LogP contribution in [-0.4, -0.2) is 81.3 Å². The van der Waals surface area contributed by atoms with Crippen LogP contribution in [0.1, 0.15) is 30.4 Å². The molecule has 0 saturated heterocycles. The SMILES string of the molecule is NCCCCC(NC(=O)C(N)Cc1ccc(O)cc1)C(=O)NC(Cc1c[nH]c2ccccc12)C(=O)NC(CO)C(=O)O. The maximum absolute atomic E-state index is 13.5. The number of rotatable bonds is 16. The molecule has 0 radical (unpaired) electrons. The van der Waals surface area contributed by atoms with Crippen molar-refractivity contribution in [2.45, 2.75) is 56.3 Å². The number of aliphatic hydroxyl groups is 1. The number of amides is 3. The third-order valence-electron chi connectivity index (χ3n) is 6.84. The first-order chi connectivity index (χ1) is 20.1. The second kappa shape index (κ2) is 15.5. The van der Waals surface area contributed by atoms with Gasteiger partial charge in [-0.05, 0) is 61.6 Å². The van der Waals surface area contributed by atoms with Crippen LogP contribution in [0.4, 0.5) is 0 Å². The highest BCUT2D eigenvalue weighted by molar-refractivity contribution is 5.95. The molecule has 0 aliphatic carbocycles. The molecule has 13 nitrogen and oxygen atoms in total. The van der Waals surface area contributed by atoms with Gasteiger partial charge in [0, 0.05) is 23.5 Å². The van der Waals surface area contributed by atoms with Gasteiger partial charge in [0.05, 0.1) is 12.6 Å². The summed E-state index contributed by atoms with van der Waals surface area (Å²) in [7, 11) is 0. The van der Waals surface area contributed by atoms with Gasteiger partial charge in [-0.15, -0.1) is 0 Å². The maximum atomic E-state index is 13.5. The van der Waals surface area contributed by atoms with Gasteiger partial charge in [-0.1, -0.05) is 30.3 Å². The fourth-order valence-electron chi connectivity index (χ4n) is 4.48. The number of unbranched alkanes of at least 4 members (excludes halogenated alkanes) is 1. The van der Waals surface area contributed by atoms with E-state index in [2.05, 4.69) is 20.9 Å². The number of carbonyl (C=O) groups is 4. The topological polar surface area (TPSA) is 233 Å². The highest BCUT2D eigenvalue weighted by Crippen LogP contribution is 2.19. The quantitative estimate of drug-likeness (QED) is 0.100. The van der Waals surface area contributed by atoms with Gasteiger partial charge in [-0.25, -0.2) is 4.79 Å². The number of benzene rings is 2. The largest absolute Gasteiger partial charge is 0.508 e. The van der Waals surface area contributed by atoms with Crippen molar-refractivity contribution < 1.29 is 34.5 Å². The minimum absolute atomic E-state index is 0.00316. The zero-order chi connectivity index (χ0) is 30.6. The molecule has 0 saturated carbocycles. The summed E-state index contributed by atoms with van der Waals surface area (Å²) in [4.78, 5) is 54.2. The molecule has 226 valence electrons. The number of nitrogens with two attached hydrogens (primary N) is 2. The van der Waals surface area contributed by atoms with Crippen LogP contribution in [0, 0.1) is 0 Å². The van der Waals surface area contributed by atoms with Crippen LogP contribution in [0.15, 0.2) is 54.7 Å². The van der Waals surface area contributed by atoms with Crippen LogP contribution < -0.4 is 27.4 Å². The van der Waals surface area contributed by atoms with E-state index in [1.165, 1.54) is 12.1 Å². The van der Waals surface area contributed by atoms with Gasteiger partial charge < -0.3 is 47.7 Å². The van der Waals surface area contributed by atoms with Crippen LogP contribution in [0.25, 0.3) is 10.9 Å². The van der Waals surface area contributed by atoms with Gasteiger partial charge >= 0.3 is 5.97 Å². The van der Waals surface area contributed by atoms with Crippen LogP contribution >= 0.6 is 0 Å². The molecule has 0 bridgehead atoms. The Morgan fingerprint density at radius 2 is 1.48 bits per heavy atom. The van der Waals surface area contributed by atoms with E-state index in [0.29, 0.717) is 30.5 Å². The average Bonchev–Trinajstić information content (AvgIpc) is 3.38. The smallest absolute Gasteiger partial charge is 0.328 e. The first-order valence-corrected chi connectivity index (χ1v) is 13.7. The van der Waals surface area contributed by atoms with E-state index in [1.807, 2.05) is 24.3 Å². The van der Waals surface area contributed by atoms with Crippen LogP contribution in [-0.2, 0) is 32.0 Å². The van der Waals surface area contributed by atoms with Crippen LogP contribution in [0.3, 0.4) is 0 Å². The Kier molecular flexibility index (Phi) is 11.8. The molecule has 4 unspecified atom stereocenters. The van der Waals surface area contributed by atoms with E-state index >= 15 is 0 Å². The number of nitrogens with one attached hydrogen (secondary N) is 4. The Hall–Kier alpha value is -4.46. The lowest BCUT2D eigenvalue weighted by Crippen LogP contribution is -2.58. The zero-order valence-corrected chi connectivity index (χ0v) is 23.1. The Bertz CT molecular complexity index is 1360. The van der Waals surface area contributed by atoms with Crippen molar-refractivity contribution in [3.05, 3.63) is 65.9 Å². The van der Waals surface area contributed by atoms with Crippen molar-refractivity contribution in [1.29, 1.82) is 0 Å². The second-order valence-corrected chi connectivity index (χ2v) is 10.0. The number of aliphatic hydroxyl groups excluding tert-OH is 1. The van der Waals surface area contributed by atoms with Gasteiger partial charge in [0.25, 0.3) is 0 Å². The summed E-state index contributed by atoms with van der Waals surface area (Å²) in [6.45, 7) is -0.461. The molecule has 42 heavy (non-hydrogen) atoms. The van der Waals surface area contributed by atoms with Crippen molar-refractivity contribution in [2.75, 3.05) is 13.2 Å². The number of phenols is 1. The fourth-order valence-corrected chi connectivity index (χ4v) is 4.48. The van der Waals surface area contributed by atoms with E-state index in [9.17, 15) is 34.5 Å². The highest BCUT2D eigenvalue weighted by atomic mass is 16.4. The first-order valence-electron chi connectivity index (χ1n) is 13.7. The van der Waals surface area contributed by atoms with Gasteiger partial charge in [-0.2, -0.15) is 0 Å². The van der Waals surface area contributed by atoms with E-state index in [0.717, 1.165) is 10.9 Å². The lowest BCUT2D eigenvalue weighted by Gasteiger charge is -2.25. The molecule has 3 aromatic rings. The highest BCUT2D eigenvalue weighted by Gasteiger charge is 2.30. The predicted molar refractivity (Wildman–Crippen MR) is 155 cm³/mol. The number of H-pyrrole nitrogens is 1. The van der Waals surface area contributed by atoms with Gasteiger partial charge in [0.2, 0.25) is 17.7 Å². The predicted octanol–water partition coefficient (Wildman–Crippen LogP) is -0.354. The van der Waals surface area contributed by atoms with Crippen molar-refractivity contribution in [1.82, 2.24) is 20.9 Å². The molecular formula is C29H38N6O7. The molecule has 0 spiro atoms. The molecule has 0 fully saturated rings. The molecule has 13 heteroatoms. The zero-order valence-electron chi connectivity index (χ0n) is 23.1. The molecule has 3 amide bonds. The summed E-state index contributed by atoms with van der Waals surface area (Å²) in [6, 6.07) is 8.74. The lowest BCUT2D eigenvalue weighted by molar-refractivity contribution is -0.143. The van der Waals surface area contributed by atoms with Crippen molar-refractivity contribution in [2.24, 2.45) is 11.5 Å². The summed E-state index contributed by atoms with van der Waals surface area (Å²) < 4.78 is 0. The fraction of sp³-hybridized carbons (Fsp3) is 0.379. The average molecular weight is 583 g/mol. The molecule has 11 N–H and O–H groups in total. The number of carboxylic acids is 1. The monoisotopic (exact) mass is 582 g/mol. The minimum Gasteiger partial charge on any atom is -0.508 e. The normalized spacial score (nSPS) is 14.0. The molecule has 0 aliphatic rings. The van der Waals surface area contributed by atoms with E-state index < -0.39 is 54.5 Å². The Morgan fingerprint density at radius 1 is 0.833 bits per heavy atom. The first kappa shape index (κ1) is 32.1. The number of aliphatic carboxylic acids is 1. The molecule has 1 aromatic heterocycles. The minimum atomic E-state index is -1.57. The van der Waals surface area contributed by atoms with Crippen molar-refractivity contribution in [3.63, 3.8) is 0 Å². The number of fused-ring (bicyclic) bond motifs is 1. The molecule has 4 atom stereocenters. The van der Waals surface area contributed by atoms with Crippen LogP contribution in [0.5, 0.6) is 5.75 Å². The Balaban J connectivity index is 1.79. The molecule has 1 heterocycles. The lowest BCUT2D eigenvalue weighted by atomic mass is 10.0. The van der Waals surface area contributed by atoms with E-state index in [4.69, 9.17) is 11.5 Å². The molecule has 0 aliphatic heterocycles. The molecular weight excluding hydrogens is 544 g/mol. The number of carboxylic acid groups (broad SMARTS) is 1. The van der Waals surface area contributed by atoms with Gasteiger partial charge in [0.15, 0.2) is 0 Å². The van der Waals surface area contributed by atoms with Gasteiger partial charge in [0.1, 0.15) is 23.9 Å². The summed E-state index contributed by atoms with van der Waals surface area (Å²) in [5.41, 5.74) is 13.9. The number of hydrogen-bond donors (Lipinski definition) is 9. The summed E-state index contributed by atoms with van der Waals surface area (Å²) in [5.74, 6) is -3.41. The standard InChI is InChI=1S/C29H38N6O7/c30-12-4-3-7-23(33-26(38)21(31)13-17-8-10-19(37)11-9-17)27(39)34-24(28(40)35-25(16-36)29(41)42)14-18-15-32-22-6-2-1-5-20(18)22/h1-2,5-6,8-11,15,21,23-25,32,36-37H,3-4,7,12-14,16,30-31H2,(H,33,38)(H,34,39)(H,35,40)(H,41,42). The summed E-state index contributed by atoms with van der Waals surface area (Å²) in [5, 5.41) is 36.6. The third kappa shape index (κ3) is 9.03. The van der Waals surface area contributed by atoms with Crippen molar-refractivity contribution >= 4 is 34.6 Å². The Morgan fingerprint density at radius 3 is 2.14 bits per heavy atom. The van der Waals surface area contributed by atoms with E-state index in [1.54, 1.807) is 18.3 Å². The van der Waals surface area contributed by atoms with Gasteiger partial charge in [-0.3, -0.25) is 14.4 Å². The second-order valence-electron chi connectivity index (χ2n) is 10.0. The van der Waals surface area contributed by atoms with E-state index in [-0.39, 0.29) is 25.0 Å².